The van der Waals surface area contributed by atoms with Crippen molar-refractivity contribution >= 4 is 18.3 Å². The number of hydrogen-bond acceptors (Lipinski definition) is 4. The van der Waals surface area contributed by atoms with Gasteiger partial charge in [-0.1, -0.05) is 37.3 Å². The van der Waals surface area contributed by atoms with Gasteiger partial charge in [-0.3, -0.25) is 14.8 Å². The number of aromatic nitrogens is 2. The molecule has 2 aliphatic heterocycles. The number of likely N-dealkylation sites (tertiary alicyclic amines) is 1. The number of nitrogens with zero attached hydrogens (tertiary/aromatic N) is 2. The predicted octanol–water partition coefficient (Wildman–Crippen LogP) is 2.68. The molecule has 1 amide bonds. The molecule has 2 aromatic rings. The Balaban J connectivity index is 0.00000225. The molecule has 3 N–H and O–H groups in total. The molecular formula is C21H30ClN5O. The Bertz CT molecular complexity index is 770. The Hall–Kier alpha value is -1.89. The molecule has 152 valence electrons. The van der Waals surface area contributed by atoms with Gasteiger partial charge in [0.15, 0.2) is 5.69 Å². The van der Waals surface area contributed by atoms with Gasteiger partial charge in [-0.25, -0.2) is 0 Å². The molecule has 0 bridgehead atoms. The van der Waals surface area contributed by atoms with Crippen molar-refractivity contribution in [1.82, 2.24) is 25.7 Å². The van der Waals surface area contributed by atoms with E-state index in [1.54, 1.807) is 0 Å². The zero-order valence-corrected chi connectivity index (χ0v) is 17.2. The number of rotatable bonds is 5. The molecular weight excluding hydrogens is 374 g/mol. The highest BCUT2D eigenvalue weighted by Crippen LogP contribution is 2.26. The van der Waals surface area contributed by atoms with Crippen LogP contribution in [0.3, 0.4) is 0 Å². The second-order valence-corrected chi connectivity index (χ2v) is 7.81. The fraction of sp³-hybridized carbons (Fsp3) is 0.524. The lowest BCUT2D eigenvalue weighted by Crippen LogP contribution is -2.42. The van der Waals surface area contributed by atoms with Crippen LogP contribution >= 0.6 is 12.4 Å². The minimum atomic E-state index is -0.0810. The van der Waals surface area contributed by atoms with Crippen LogP contribution in [-0.2, 0) is 13.0 Å². The molecule has 0 saturated carbocycles. The molecule has 1 saturated heterocycles. The van der Waals surface area contributed by atoms with Crippen LogP contribution in [0.5, 0.6) is 0 Å². The summed E-state index contributed by atoms with van der Waals surface area (Å²) in [5.74, 6) is 0.706. The van der Waals surface area contributed by atoms with E-state index in [9.17, 15) is 4.79 Å². The van der Waals surface area contributed by atoms with E-state index in [0.29, 0.717) is 18.8 Å². The Morgan fingerprint density at radius 2 is 2.04 bits per heavy atom. The number of carbonyl (C=O) groups is 1. The van der Waals surface area contributed by atoms with Gasteiger partial charge in [-0.2, -0.15) is 5.10 Å². The van der Waals surface area contributed by atoms with Crippen molar-refractivity contribution in [1.29, 1.82) is 0 Å². The number of carbonyl (C=O) groups excluding carboxylic acids is 1. The molecule has 0 radical (unpaired) electrons. The van der Waals surface area contributed by atoms with Crippen LogP contribution in [0.4, 0.5) is 0 Å². The van der Waals surface area contributed by atoms with Crippen molar-refractivity contribution in [2.75, 3.05) is 26.2 Å². The molecule has 0 aliphatic carbocycles. The summed E-state index contributed by atoms with van der Waals surface area (Å²) in [5, 5.41) is 13.8. The quantitative estimate of drug-likeness (QED) is 0.717. The van der Waals surface area contributed by atoms with Gasteiger partial charge in [-0.15, -0.1) is 12.4 Å². The van der Waals surface area contributed by atoms with Gasteiger partial charge in [0.1, 0.15) is 0 Å². The highest BCUT2D eigenvalue weighted by molar-refractivity contribution is 5.94. The molecule has 28 heavy (non-hydrogen) atoms. The second kappa shape index (κ2) is 9.54. The van der Waals surface area contributed by atoms with E-state index in [0.717, 1.165) is 43.2 Å². The van der Waals surface area contributed by atoms with Crippen molar-refractivity contribution in [2.45, 2.75) is 38.8 Å². The first-order chi connectivity index (χ1) is 13.2. The molecule has 2 aliphatic rings. The average Bonchev–Trinajstić information content (AvgIpc) is 3.14. The van der Waals surface area contributed by atoms with Crippen LogP contribution < -0.4 is 10.6 Å². The molecule has 4 rings (SSSR count). The second-order valence-electron chi connectivity index (χ2n) is 7.81. The summed E-state index contributed by atoms with van der Waals surface area (Å²) in [6, 6.07) is 10.7. The molecule has 6 nitrogen and oxygen atoms in total. The maximum absolute atomic E-state index is 12.8. The number of H-pyrrole nitrogens is 1. The average molecular weight is 404 g/mol. The van der Waals surface area contributed by atoms with Gasteiger partial charge < -0.3 is 10.6 Å². The van der Waals surface area contributed by atoms with E-state index in [4.69, 9.17) is 0 Å². The van der Waals surface area contributed by atoms with Crippen molar-refractivity contribution in [3.63, 3.8) is 0 Å². The lowest BCUT2D eigenvalue weighted by molar-refractivity contribution is 0.0907. The van der Waals surface area contributed by atoms with Crippen LogP contribution in [0.15, 0.2) is 30.3 Å². The number of fused-ring (bicyclic) bond motifs is 1. The van der Waals surface area contributed by atoms with Crippen molar-refractivity contribution in [3.05, 3.63) is 52.8 Å². The van der Waals surface area contributed by atoms with Crippen LogP contribution in [-0.4, -0.2) is 47.2 Å². The summed E-state index contributed by atoms with van der Waals surface area (Å²) in [6.07, 6.45) is 3.33. The number of halogens is 1. The molecule has 1 aromatic carbocycles. The number of nitrogens with one attached hydrogen (secondary N) is 3. The van der Waals surface area contributed by atoms with Gasteiger partial charge in [0.25, 0.3) is 5.91 Å². The molecule has 7 heteroatoms. The maximum atomic E-state index is 12.8. The largest absolute Gasteiger partial charge is 0.349 e. The Labute approximate surface area is 172 Å². The van der Waals surface area contributed by atoms with E-state index < -0.39 is 0 Å². The summed E-state index contributed by atoms with van der Waals surface area (Å²) in [4.78, 5) is 15.3. The molecule has 1 fully saturated rings. The van der Waals surface area contributed by atoms with Gasteiger partial charge in [-0.05, 0) is 37.4 Å². The van der Waals surface area contributed by atoms with Gasteiger partial charge in [0.2, 0.25) is 0 Å². The zero-order chi connectivity index (χ0) is 18.6. The smallest absolute Gasteiger partial charge is 0.272 e. The number of piperidine rings is 1. The minimum absolute atomic E-state index is 0. The third kappa shape index (κ3) is 4.57. The number of amides is 1. The number of hydrogen-bond donors (Lipinski definition) is 3. The Morgan fingerprint density at radius 1 is 1.29 bits per heavy atom. The molecule has 1 unspecified atom stereocenters. The Kier molecular flexibility index (Phi) is 7.10. The summed E-state index contributed by atoms with van der Waals surface area (Å²) < 4.78 is 0. The maximum Gasteiger partial charge on any atom is 0.272 e. The summed E-state index contributed by atoms with van der Waals surface area (Å²) in [6.45, 7) is 6.73. The monoisotopic (exact) mass is 403 g/mol. The number of benzene rings is 1. The number of aromatic amines is 1. The fourth-order valence-corrected chi connectivity index (χ4v) is 4.16. The first kappa shape index (κ1) is 20.8. The zero-order valence-electron chi connectivity index (χ0n) is 16.4. The van der Waals surface area contributed by atoms with E-state index in [1.165, 1.54) is 18.4 Å². The first-order valence-electron chi connectivity index (χ1n) is 10.1. The highest BCUT2D eigenvalue weighted by Gasteiger charge is 2.26. The van der Waals surface area contributed by atoms with Crippen LogP contribution in [0, 0.1) is 5.92 Å². The third-order valence-electron chi connectivity index (χ3n) is 5.92. The standard InChI is InChI=1S/C21H29N5O.ClH/c1-15-8-11-26(12-9-15)19(16-5-3-2-4-6-16)14-23-21(27)20-17-13-22-10-7-18(17)24-25-20;/h2-6,15,19,22H,7-14H2,1H3,(H,23,27)(H,24,25);1H. The summed E-state index contributed by atoms with van der Waals surface area (Å²) >= 11 is 0. The van der Waals surface area contributed by atoms with Crippen LogP contribution in [0.2, 0.25) is 0 Å². The van der Waals surface area contributed by atoms with Crippen LogP contribution in [0.1, 0.15) is 53.1 Å². The van der Waals surface area contributed by atoms with Crippen molar-refractivity contribution in [3.8, 4) is 0 Å². The van der Waals surface area contributed by atoms with E-state index in [2.05, 4.69) is 56.9 Å². The topological polar surface area (TPSA) is 73.0 Å². The van der Waals surface area contributed by atoms with Gasteiger partial charge >= 0.3 is 0 Å². The van der Waals surface area contributed by atoms with Crippen LogP contribution in [0.25, 0.3) is 0 Å². The minimum Gasteiger partial charge on any atom is -0.349 e. The SMILES string of the molecule is CC1CCN(C(CNC(=O)c2n[nH]c3c2CNCC3)c2ccccc2)CC1.Cl. The normalized spacial score (nSPS) is 18.8. The molecule has 1 atom stereocenters. The lowest BCUT2D eigenvalue weighted by Gasteiger charge is -2.37. The predicted molar refractivity (Wildman–Crippen MR) is 113 cm³/mol. The van der Waals surface area contributed by atoms with E-state index >= 15 is 0 Å². The summed E-state index contributed by atoms with van der Waals surface area (Å²) in [7, 11) is 0. The fourth-order valence-electron chi connectivity index (χ4n) is 4.16. The molecule has 1 aromatic heterocycles. The first-order valence-corrected chi connectivity index (χ1v) is 10.1. The third-order valence-corrected chi connectivity index (χ3v) is 5.92. The van der Waals surface area contributed by atoms with Crippen molar-refractivity contribution < 1.29 is 4.79 Å². The van der Waals surface area contributed by atoms with Gasteiger partial charge in [0.05, 0.1) is 6.04 Å². The van der Waals surface area contributed by atoms with Gasteiger partial charge in [0, 0.05) is 37.3 Å². The molecule has 0 spiro atoms. The Morgan fingerprint density at radius 3 is 2.79 bits per heavy atom. The van der Waals surface area contributed by atoms with E-state index in [-0.39, 0.29) is 24.4 Å². The highest BCUT2D eigenvalue weighted by atomic mass is 35.5. The lowest BCUT2D eigenvalue weighted by atomic mass is 9.95. The summed E-state index contributed by atoms with van der Waals surface area (Å²) in [5.41, 5.74) is 3.90. The molecule has 3 heterocycles. The van der Waals surface area contributed by atoms with Crippen molar-refractivity contribution in [2.24, 2.45) is 5.92 Å². The van der Waals surface area contributed by atoms with E-state index in [1.807, 2.05) is 6.07 Å².